The fraction of sp³-hybridized carbons (Fsp3) is 0.286. The molecule has 90 valence electrons. The van der Waals surface area contributed by atoms with Gasteiger partial charge in [0, 0.05) is 24.1 Å². The van der Waals surface area contributed by atoms with Crippen molar-refractivity contribution in [2.24, 2.45) is 0 Å². The van der Waals surface area contributed by atoms with Gasteiger partial charge in [-0.1, -0.05) is 30.3 Å². The lowest BCUT2D eigenvalue weighted by Crippen LogP contribution is -2.08. The van der Waals surface area contributed by atoms with E-state index >= 15 is 0 Å². The van der Waals surface area contributed by atoms with E-state index in [2.05, 4.69) is 11.2 Å². The van der Waals surface area contributed by atoms with Crippen LogP contribution in [0.25, 0.3) is 0 Å². The van der Waals surface area contributed by atoms with E-state index in [-0.39, 0.29) is 0 Å². The maximum absolute atomic E-state index is 13.4. The van der Waals surface area contributed by atoms with Gasteiger partial charge in [-0.15, -0.1) is 0 Å². The molecule has 0 N–H and O–H groups in total. The first-order chi connectivity index (χ1) is 8.78. The second-order valence-electron chi connectivity index (χ2n) is 4.53. The van der Waals surface area contributed by atoms with Gasteiger partial charge in [-0.3, -0.25) is 4.68 Å². The smallest absolute Gasteiger partial charge is 0.166 e. The number of hydrogen-bond acceptors (Lipinski definition) is 2. The quantitative estimate of drug-likeness (QED) is 0.809. The van der Waals surface area contributed by atoms with Crippen LogP contribution in [0.2, 0.25) is 0 Å². The molecule has 0 amide bonds. The number of aromatic nitrogens is 2. The van der Waals surface area contributed by atoms with Gasteiger partial charge in [0.15, 0.2) is 5.69 Å². The molecule has 1 atom stereocenters. The van der Waals surface area contributed by atoms with E-state index in [0.29, 0.717) is 25.1 Å². The Morgan fingerprint density at radius 3 is 2.83 bits per heavy atom. The third-order valence-electron chi connectivity index (χ3n) is 3.29. The van der Waals surface area contributed by atoms with Crippen LogP contribution in [0.4, 0.5) is 4.39 Å². The van der Waals surface area contributed by atoms with Crippen molar-refractivity contribution < 1.29 is 4.39 Å². The Bertz CT molecular complexity index is 610. The highest BCUT2D eigenvalue weighted by Gasteiger charge is 2.29. The Morgan fingerprint density at radius 1 is 1.33 bits per heavy atom. The van der Waals surface area contributed by atoms with Crippen molar-refractivity contribution in [1.82, 2.24) is 9.78 Å². The molecule has 1 aromatic heterocycles. The van der Waals surface area contributed by atoms with Crippen LogP contribution < -0.4 is 0 Å². The van der Waals surface area contributed by atoms with Crippen LogP contribution in [0.1, 0.15) is 22.5 Å². The summed E-state index contributed by atoms with van der Waals surface area (Å²) in [5, 5.41) is 13.3. The second kappa shape index (κ2) is 4.26. The van der Waals surface area contributed by atoms with Crippen molar-refractivity contribution in [3.63, 3.8) is 0 Å². The highest BCUT2D eigenvalue weighted by Crippen LogP contribution is 2.27. The summed E-state index contributed by atoms with van der Waals surface area (Å²) in [5.74, 6) is 0. The summed E-state index contributed by atoms with van der Waals surface area (Å²) in [6.07, 6.45) is -0.170. The van der Waals surface area contributed by atoms with E-state index in [0.717, 1.165) is 16.8 Å². The molecule has 0 spiro atoms. The fourth-order valence-corrected chi connectivity index (χ4v) is 2.46. The van der Waals surface area contributed by atoms with E-state index < -0.39 is 6.17 Å². The number of rotatable bonds is 2. The van der Waals surface area contributed by atoms with Crippen molar-refractivity contribution in [2.75, 3.05) is 0 Å². The van der Waals surface area contributed by atoms with Gasteiger partial charge >= 0.3 is 0 Å². The third kappa shape index (κ3) is 1.78. The zero-order chi connectivity index (χ0) is 12.5. The number of benzene rings is 1. The fourth-order valence-electron chi connectivity index (χ4n) is 2.46. The summed E-state index contributed by atoms with van der Waals surface area (Å²) in [5.41, 5.74) is 3.15. The van der Waals surface area contributed by atoms with Crippen LogP contribution in [-0.2, 0) is 19.4 Å². The summed E-state index contributed by atoms with van der Waals surface area (Å²) < 4.78 is 15.2. The predicted molar refractivity (Wildman–Crippen MR) is 64.8 cm³/mol. The second-order valence-corrected chi connectivity index (χ2v) is 4.53. The van der Waals surface area contributed by atoms with E-state index in [1.807, 2.05) is 30.3 Å². The van der Waals surface area contributed by atoms with E-state index in [1.165, 1.54) is 0 Å². The Labute approximate surface area is 104 Å². The molecule has 0 aliphatic heterocycles. The number of hydrogen-bond donors (Lipinski definition) is 0. The summed E-state index contributed by atoms with van der Waals surface area (Å²) in [6.45, 7) is 0.595. The van der Waals surface area contributed by atoms with Gasteiger partial charge in [0.1, 0.15) is 12.2 Å². The maximum Gasteiger partial charge on any atom is 0.166 e. The van der Waals surface area contributed by atoms with E-state index in [9.17, 15) is 4.39 Å². The Hall–Kier alpha value is -2.15. The van der Waals surface area contributed by atoms with Crippen molar-refractivity contribution in [2.45, 2.75) is 25.6 Å². The molecule has 0 saturated heterocycles. The van der Waals surface area contributed by atoms with Crippen molar-refractivity contribution in [3.05, 3.63) is 52.8 Å². The number of alkyl halides is 1. The van der Waals surface area contributed by atoms with Crippen LogP contribution in [0.15, 0.2) is 30.3 Å². The zero-order valence-electron chi connectivity index (χ0n) is 9.81. The van der Waals surface area contributed by atoms with Crippen molar-refractivity contribution in [3.8, 4) is 6.07 Å². The molecular weight excluding hydrogens is 229 g/mol. The minimum Gasteiger partial charge on any atom is -0.263 e. The van der Waals surface area contributed by atoms with Crippen LogP contribution in [0, 0.1) is 11.3 Å². The lowest BCUT2D eigenvalue weighted by atomic mass is 10.2. The van der Waals surface area contributed by atoms with Crippen LogP contribution in [-0.4, -0.2) is 16.0 Å². The van der Waals surface area contributed by atoms with Gasteiger partial charge in [0.05, 0.1) is 6.54 Å². The molecule has 18 heavy (non-hydrogen) atoms. The van der Waals surface area contributed by atoms with Gasteiger partial charge in [-0.2, -0.15) is 10.4 Å². The average Bonchev–Trinajstić information content (AvgIpc) is 2.90. The number of nitriles is 1. The normalized spacial score (nSPS) is 17.4. The highest BCUT2D eigenvalue weighted by atomic mass is 19.1. The molecular formula is C14H12FN3. The number of fused-ring (bicyclic) bond motifs is 1. The van der Waals surface area contributed by atoms with Gasteiger partial charge in [0.25, 0.3) is 0 Å². The van der Waals surface area contributed by atoms with Crippen molar-refractivity contribution in [1.29, 1.82) is 5.26 Å². The minimum absolute atomic E-state index is 0.326. The van der Waals surface area contributed by atoms with Crippen LogP contribution >= 0.6 is 0 Å². The molecule has 4 heteroatoms. The average molecular weight is 241 g/mol. The maximum atomic E-state index is 13.4. The van der Waals surface area contributed by atoms with Gasteiger partial charge in [-0.25, -0.2) is 4.39 Å². The van der Waals surface area contributed by atoms with Gasteiger partial charge in [0.2, 0.25) is 0 Å². The molecule has 1 aliphatic carbocycles. The van der Waals surface area contributed by atoms with Crippen molar-refractivity contribution >= 4 is 0 Å². The van der Waals surface area contributed by atoms with E-state index in [4.69, 9.17) is 5.26 Å². The lowest BCUT2D eigenvalue weighted by Gasteiger charge is -2.05. The first-order valence-electron chi connectivity index (χ1n) is 5.94. The first-order valence-corrected chi connectivity index (χ1v) is 5.94. The number of nitrogens with zero attached hydrogens (tertiary/aromatic N) is 3. The molecule has 0 bridgehead atoms. The summed E-state index contributed by atoms with van der Waals surface area (Å²) in [6, 6.07) is 11.9. The SMILES string of the molecule is N#Cc1nn(Cc2ccccc2)c2c1CC(F)C2. The van der Waals surface area contributed by atoms with Gasteiger partial charge in [-0.05, 0) is 5.56 Å². The zero-order valence-corrected chi connectivity index (χ0v) is 9.81. The Balaban J connectivity index is 1.97. The molecule has 1 heterocycles. The Morgan fingerprint density at radius 2 is 2.11 bits per heavy atom. The van der Waals surface area contributed by atoms with Gasteiger partial charge < -0.3 is 0 Å². The third-order valence-corrected chi connectivity index (χ3v) is 3.29. The van der Waals surface area contributed by atoms with E-state index in [1.54, 1.807) is 4.68 Å². The largest absolute Gasteiger partial charge is 0.263 e. The minimum atomic E-state index is -0.868. The monoisotopic (exact) mass is 241 g/mol. The predicted octanol–water partition coefficient (Wildman–Crippen LogP) is 2.24. The lowest BCUT2D eigenvalue weighted by molar-refractivity contribution is 0.343. The first kappa shape index (κ1) is 11.0. The summed E-state index contributed by atoms with van der Waals surface area (Å²) >= 11 is 0. The molecule has 1 unspecified atom stereocenters. The molecule has 2 aromatic rings. The molecule has 0 saturated carbocycles. The number of halogens is 1. The molecule has 3 rings (SSSR count). The molecule has 3 nitrogen and oxygen atoms in total. The molecule has 1 aromatic carbocycles. The highest BCUT2D eigenvalue weighted by molar-refractivity contribution is 5.39. The van der Waals surface area contributed by atoms with Crippen LogP contribution in [0.3, 0.4) is 0 Å². The summed E-state index contributed by atoms with van der Waals surface area (Å²) in [7, 11) is 0. The molecule has 0 radical (unpaired) electrons. The topological polar surface area (TPSA) is 41.6 Å². The standard InChI is InChI=1S/C14H12FN3/c15-11-6-12-13(8-16)17-18(14(12)7-11)9-10-4-2-1-3-5-10/h1-5,11H,6-7,9H2. The molecule has 0 fully saturated rings. The molecule has 1 aliphatic rings. The Kier molecular flexibility index (Phi) is 2.60. The van der Waals surface area contributed by atoms with Crippen LogP contribution in [0.5, 0.6) is 0 Å². The summed E-state index contributed by atoms with van der Waals surface area (Å²) in [4.78, 5) is 0.